The summed E-state index contributed by atoms with van der Waals surface area (Å²) in [6, 6.07) is 10.2. The number of benzene rings is 2. The van der Waals surface area contributed by atoms with Crippen LogP contribution in [0.3, 0.4) is 0 Å². The molecule has 0 bridgehead atoms. The summed E-state index contributed by atoms with van der Waals surface area (Å²) in [5.74, 6) is 0.999. The van der Waals surface area contributed by atoms with Gasteiger partial charge in [0.1, 0.15) is 17.2 Å². The number of sulfonamides is 1. The Kier molecular flexibility index (Phi) is 11.4. The largest absolute Gasteiger partial charge is 0.528 e. The summed E-state index contributed by atoms with van der Waals surface area (Å²) < 4.78 is 43.6. The van der Waals surface area contributed by atoms with E-state index in [2.05, 4.69) is 24.9 Å². The predicted octanol–water partition coefficient (Wildman–Crippen LogP) is 5.49. The van der Waals surface area contributed by atoms with Crippen molar-refractivity contribution in [2.75, 3.05) is 49.6 Å². The van der Waals surface area contributed by atoms with Crippen molar-refractivity contribution >= 4 is 33.5 Å². The van der Waals surface area contributed by atoms with Crippen molar-refractivity contribution in [1.82, 2.24) is 19.9 Å². The maximum absolute atomic E-state index is 13.6. The molecule has 2 N–H and O–H groups in total. The number of carbonyl (C=O) groups is 2. The molecule has 49 heavy (non-hydrogen) atoms. The molecule has 1 aliphatic rings. The normalized spacial score (nSPS) is 14.6. The average molecular weight is 699 g/mol. The van der Waals surface area contributed by atoms with Gasteiger partial charge in [-0.25, -0.2) is 18.2 Å². The van der Waals surface area contributed by atoms with Crippen LogP contribution in [0.25, 0.3) is 0 Å². The zero-order chi connectivity index (χ0) is 36.1. The minimum absolute atomic E-state index is 0.182. The Morgan fingerprint density at radius 2 is 1.63 bits per heavy atom. The van der Waals surface area contributed by atoms with Crippen molar-refractivity contribution in [3.05, 3.63) is 65.1 Å². The highest BCUT2D eigenvalue weighted by molar-refractivity contribution is 7.92. The number of hydrogen-bond acceptors (Lipinski definition) is 12. The molecule has 14 nitrogen and oxygen atoms in total. The number of hydrogen-bond donors (Lipinski definition) is 2. The molecule has 2 aromatic carbocycles. The van der Waals surface area contributed by atoms with Gasteiger partial charge in [-0.05, 0) is 74.6 Å². The van der Waals surface area contributed by atoms with Gasteiger partial charge in [-0.3, -0.25) is 14.4 Å². The second-order valence-electron chi connectivity index (χ2n) is 13.9. The van der Waals surface area contributed by atoms with E-state index in [1.807, 2.05) is 27.7 Å². The lowest BCUT2D eigenvalue weighted by Crippen LogP contribution is -2.47. The minimum Gasteiger partial charge on any atom is -0.492 e. The van der Waals surface area contributed by atoms with E-state index in [1.54, 1.807) is 68.4 Å². The summed E-state index contributed by atoms with van der Waals surface area (Å²) in [5, 5.41) is 4.47. The Hall–Kier alpha value is -4.47. The molecule has 1 saturated heterocycles. The van der Waals surface area contributed by atoms with E-state index in [4.69, 9.17) is 19.0 Å². The van der Waals surface area contributed by atoms with Crippen LogP contribution in [-0.4, -0.2) is 85.6 Å². The van der Waals surface area contributed by atoms with Crippen LogP contribution in [0.4, 0.5) is 16.2 Å². The first-order valence-electron chi connectivity index (χ1n) is 15.8. The molecule has 0 atom stereocenters. The Labute approximate surface area is 288 Å². The van der Waals surface area contributed by atoms with E-state index in [1.165, 1.54) is 7.11 Å². The highest BCUT2D eigenvalue weighted by Crippen LogP contribution is 2.39. The fraction of sp³-hybridized carbons (Fsp3) is 0.471. The summed E-state index contributed by atoms with van der Waals surface area (Å²) in [4.78, 5) is 42.0. The average Bonchev–Trinajstić information content (AvgIpc) is 2.95. The fourth-order valence-electron chi connectivity index (χ4n) is 4.97. The molecule has 1 aliphatic heterocycles. The lowest BCUT2D eigenvalue weighted by atomic mass is 9.86. The second kappa shape index (κ2) is 15.0. The second-order valence-corrected chi connectivity index (χ2v) is 15.6. The number of aromatic nitrogens is 2. The molecule has 0 radical (unpaired) electrons. The number of amides is 1. The van der Waals surface area contributed by atoms with Crippen molar-refractivity contribution in [3.63, 3.8) is 0 Å². The van der Waals surface area contributed by atoms with Crippen LogP contribution in [0, 0.1) is 6.92 Å². The number of rotatable bonds is 10. The third-order valence-electron chi connectivity index (χ3n) is 7.21. The number of anilines is 2. The van der Waals surface area contributed by atoms with Crippen molar-refractivity contribution < 1.29 is 37.1 Å². The summed E-state index contributed by atoms with van der Waals surface area (Å²) in [6.45, 7) is 15.9. The maximum Gasteiger partial charge on any atom is 0.528 e. The van der Waals surface area contributed by atoms with Gasteiger partial charge >= 0.3 is 6.16 Å². The summed E-state index contributed by atoms with van der Waals surface area (Å²) >= 11 is 0. The molecule has 0 unspecified atom stereocenters. The van der Waals surface area contributed by atoms with Crippen LogP contribution >= 0.6 is 0 Å². The topological polar surface area (TPSA) is 162 Å². The van der Waals surface area contributed by atoms with Crippen LogP contribution in [0.2, 0.25) is 0 Å². The van der Waals surface area contributed by atoms with Crippen LogP contribution in [0.5, 0.6) is 17.4 Å². The van der Waals surface area contributed by atoms with Crippen LogP contribution in [0.1, 0.15) is 68.9 Å². The molecule has 266 valence electrons. The Bertz CT molecular complexity index is 1780. The number of carbonyl (C=O) groups excluding carboxylic acids is 2. The summed E-state index contributed by atoms with van der Waals surface area (Å²) in [5.41, 5.74) is 1.43. The molecule has 1 fully saturated rings. The number of piperazine rings is 1. The first-order chi connectivity index (χ1) is 22.8. The van der Waals surface area contributed by atoms with Crippen LogP contribution < -0.4 is 19.5 Å². The molecular weight excluding hydrogens is 652 g/mol. The molecular formula is C34H46N6O8S. The van der Waals surface area contributed by atoms with E-state index in [0.29, 0.717) is 61.4 Å². The van der Waals surface area contributed by atoms with E-state index in [9.17, 15) is 18.0 Å². The maximum atomic E-state index is 13.6. The highest BCUT2D eigenvalue weighted by Gasteiger charge is 2.25. The lowest BCUT2D eigenvalue weighted by Gasteiger charge is -2.33. The Balaban J connectivity index is 1.45. The summed E-state index contributed by atoms with van der Waals surface area (Å²) in [7, 11) is -2.22. The van der Waals surface area contributed by atoms with Gasteiger partial charge in [0, 0.05) is 44.0 Å². The Morgan fingerprint density at radius 3 is 2.24 bits per heavy atom. The van der Waals surface area contributed by atoms with Gasteiger partial charge in [-0.15, -0.1) is 5.06 Å². The van der Waals surface area contributed by atoms with E-state index in [0.717, 1.165) is 17.4 Å². The van der Waals surface area contributed by atoms with E-state index < -0.39 is 27.7 Å². The first kappa shape index (κ1) is 37.4. The minimum atomic E-state index is -3.63. The first-order valence-corrected chi connectivity index (χ1v) is 17.7. The van der Waals surface area contributed by atoms with Crippen molar-refractivity contribution in [2.24, 2.45) is 0 Å². The van der Waals surface area contributed by atoms with Gasteiger partial charge in [0.15, 0.2) is 5.75 Å². The number of methoxy groups -OCH3 is 1. The zero-order valence-corrected chi connectivity index (χ0v) is 30.4. The van der Waals surface area contributed by atoms with Crippen molar-refractivity contribution in [2.45, 2.75) is 66.0 Å². The molecule has 0 saturated carbocycles. The molecule has 0 aliphatic carbocycles. The van der Waals surface area contributed by atoms with Gasteiger partial charge in [0.05, 0.1) is 31.3 Å². The highest BCUT2D eigenvalue weighted by atomic mass is 32.2. The predicted molar refractivity (Wildman–Crippen MR) is 186 cm³/mol. The van der Waals surface area contributed by atoms with Crippen LogP contribution in [0.15, 0.2) is 42.6 Å². The molecule has 2 heterocycles. The molecule has 0 spiro atoms. The van der Waals surface area contributed by atoms with Gasteiger partial charge in [-0.2, -0.15) is 4.98 Å². The zero-order valence-electron chi connectivity index (χ0n) is 29.5. The SMILES string of the molecule is COc1c(NC(=O)c2cc(C)cc(Oc3ccnc(CN4CCN(OC(=O)OC(C)(C)C)CC4)n3)c2)cc(C(C)(C)C)cc1NS(C)(=O)=O. The molecule has 3 aromatic rings. The van der Waals surface area contributed by atoms with Crippen LogP contribution in [-0.2, 0) is 31.6 Å². The molecule has 4 rings (SSSR count). The lowest BCUT2D eigenvalue weighted by molar-refractivity contribution is -0.158. The third-order valence-corrected chi connectivity index (χ3v) is 7.80. The third kappa shape index (κ3) is 11.3. The van der Waals surface area contributed by atoms with Gasteiger partial charge in [0.25, 0.3) is 5.91 Å². The quantitative estimate of drug-likeness (QED) is 0.257. The van der Waals surface area contributed by atoms with Crippen molar-refractivity contribution in [1.29, 1.82) is 0 Å². The number of hydroxylamine groups is 2. The number of ether oxygens (including phenoxy) is 3. The monoisotopic (exact) mass is 698 g/mol. The molecule has 15 heteroatoms. The fourth-order valence-corrected chi connectivity index (χ4v) is 5.52. The van der Waals surface area contributed by atoms with E-state index >= 15 is 0 Å². The Morgan fingerprint density at radius 1 is 0.959 bits per heavy atom. The number of nitrogens with one attached hydrogen (secondary N) is 2. The van der Waals surface area contributed by atoms with Gasteiger partial charge in [-0.1, -0.05) is 20.8 Å². The van der Waals surface area contributed by atoms with Gasteiger partial charge in [0.2, 0.25) is 15.9 Å². The van der Waals surface area contributed by atoms with Gasteiger partial charge < -0.3 is 24.4 Å². The smallest absolute Gasteiger partial charge is 0.492 e. The van der Waals surface area contributed by atoms with E-state index in [-0.39, 0.29) is 16.9 Å². The number of aryl methyl sites for hydroxylation is 1. The standard InChI is InChI=1S/C34H46N6O8S/c1-22-16-23(31(41)36-26-19-24(33(2,3)4)20-27(30(26)45-8)38-49(9,43)44)18-25(17-22)46-29-10-11-35-28(37-29)21-39-12-14-40(15-13-39)48-32(42)47-34(5,6)7/h10-11,16-20,38H,12-15,21H2,1-9H3,(H,36,41). The molecule has 1 aromatic heterocycles. The summed E-state index contributed by atoms with van der Waals surface area (Å²) in [6.07, 6.45) is 1.94. The molecule has 1 amide bonds. The van der Waals surface area contributed by atoms with Crippen molar-refractivity contribution in [3.8, 4) is 17.4 Å². The number of nitrogens with zero attached hydrogens (tertiary/aromatic N) is 4.